The predicted molar refractivity (Wildman–Crippen MR) is 70.9 cm³/mol. The summed E-state index contributed by atoms with van der Waals surface area (Å²) in [4.78, 5) is 0. The molecule has 2 aromatic rings. The molecule has 0 aromatic heterocycles. The van der Waals surface area contributed by atoms with E-state index in [-0.39, 0.29) is 0 Å². The van der Waals surface area contributed by atoms with Gasteiger partial charge in [-0.3, -0.25) is 0 Å². The first kappa shape index (κ1) is 14.1. The third-order valence-electron chi connectivity index (χ3n) is 3.14. The number of alkyl halides is 3. The largest absolute Gasteiger partial charge is 0.416 e. The van der Waals surface area contributed by atoms with Gasteiger partial charge in [-0.1, -0.05) is 30.3 Å². The van der Waals surface area contributed by atoms with E-state index in [0.717, 1.165) is 28.8 Å². The van der Waals surface area contributed by atoms with Crippen molar-refractivity contribution in [3.05, 3.63) is 59.2 Å². The Hall–Kier alpha value is -2.28. The summed E-state index contributed by atoms with van der Waals surface area (Å²) >= 11 is 0. The van der Waals surface area contributed by atoms with E-state index in [1.165, 1.54) is 6.07 Å². The summed E-state index contributed by atoms with van der Waals surface area (Å²) in [5.41, 5.74) is 2.38. The molecule has 0 unspecified atom stereocenters. The Morgan fingerprint density at radius 1 is 1.05 bits per heavy atom. The van der Waals surface area contributed by atoms with Gasteiger partial charge in [-0.2, -0.15) is 18.4 Å². The Morgan fingerprint density at radius 2 is 1.75 bits per heavy atom. The fourth-order valence-electron chi connectivity index (χ4n) is 2.03. The van der Waals surface area contributed by atoms with Crippen LogP contribution in [0.25, 0.3) is 11.1 Å². The second-order valence-corrected chi connectivity index (χ2v) is 4.55. The smallest absolute Gasteiger partial charge is 0.198 e. The predicted octanol–water partition coefficient (Wildman–Crippen LogP) is 4.75. The van der Waals surface area contributed by atoms with Crippen molar-refractivity contribution in [1.82, 2.24) is 0 Å². The molecule has 0 fully saturated rings. The Bertz CT molecular complexity index is 666. The summed E-state index contributed by atoms with van der Waals surface area (Å²) in [5.74, 6) is 0. The maximum Gasteiger partial charge on any atom is 0.416 e. The van der Waals surface area contributed by atoms with Crippen LogP contribution in [0.2, 0.25) is 0 Å². The van der Waals surface area contributed by atoms with Crippen LogP contribution >= 0.6 is 0 Å². The minimum Gasteiger partial charge on any atom is -0.198 e. The molecule has 0 saturated carbocycles. The van der Waals surface area contributed by atoms with Crippen LogP contribution in [0, 0.1) is 18.3 Å². The standard InChI is InChI=1S/C16H12F3N/c1-11-9-14(6-5-12(11)7-8-20)13-3-2-4-15(10-13)16(17,18)19/h2-6,9-10H,7H2,1H3. The van der Waals surface area contributed by atoms with Crippen LogP contribution in [0.5, 0.6) is 0 Å². The molecule has 0 saturated heterocycles. The number of benzene rings is 2. The van der Waals surface area contributed by atoms with Gasteiger partial charge in [0, 0.05) is 0 Å². The van der Waals surface area contributed by atoms with Crippen molar-refractivity contribution >= 4 is 0 Å². The van der Waals surface area contributed by atoms with E-state index in [1.807, 2.05) is 13.0 Å². The number of halogens is 3. The lowest BCUT2D eigenvalue weighted by atomic mass is 9.97. The lowest BCUT2D eigenvalue weighted by Gasteiger charge is -2.10. The van der Waals surface area contributed by atoms with Gasteiger partial charge in [0.2, 0.25) is 0 Å². The molecule has 0 heterocycles. The van der Waals surface area contributed by atoms with Crippen molar-refractivity contribution in [2.75, 3.05) is 0 Å². The van der Waals surface area contributed by atoms with Crippen LogP contribution in [0.15, 0.2) is 42.5 Å². The maximum atomic E-state index is 12.7. The Balaban J connectivity index is 2.42. The summed E-state index contributed by atoms with van der Waals surface area (Å²) in [6.45, 7) is 1.85. The zero-order valence-electron chi connectivity index (χ0n) is 10.8. The quantitative estimate of drug-likeness (QED) is 0.776. The first-order valence-corrected chi connectivity index (χ1v) is 6.06. The first-order chi connectivity index (χ1) is 9.41. The maximum absolute atomic E-state index is 12.7. The molecule has 0 radical (unpaired) electrons. The molecule has 4 heteroatoms. The molecule has 0 amide bonds. The van der Waals surface area contributed by atoms with Crippen molar-refractivity contribution in [3.63, 3.8) is 0 Å². The minimum absolute atomic E-state index is 0.300. The highest BCUT2D eigenvalue weighted by atomic mass is 19.4. The van der Waals surface area contributed by atoms with Crippen LogP contribution < -0.4 is 0 Å². The van der Waals surface area contributed by atoms with Crippen LogP contribution in [0.3, 0.4) is 0 Å². The monoisotopic (exact) mass is 275 g/mol. The topological polar surface area (TPSA) is 23.8 Å². The second-order valence-electron chi connectivity index (χ2n) is 4.55. The molecule has 0 atom stereocenters. The second kappa shape index (κ2) is 5.38. The van der Waals surface area contributed by atoms with Gasteiger partial charge < -0.3 is 0 Å². The van der Waals surface area contributed by atoms with Crippen molar-refractivity contribution in [3.8, 4) is 17.2 Å². The number of hydrogen-bond acceptors (Lipinski definition) is 1. The molecule has 102 valence electrons. The lowest BCUT2D eigenvalue weighted by molar-refractivity contribution is -0.137. The summed E-state index contributed by atoms with van der Waals surface area (Å²) in [6, 6.07) is 12.6. The van der Waals surface area contributed by atoms with Crippen molar-refractivity contribution in [2.24, 2.45) is 0 Å². The first-order valence-electron chi connectivity index (χ1n) is 6.06. The summed E-state index contributed by atoms with van der Waals surface area (Å²) < 4.78 is 38.1. The van der Waals surface area contributed by atoms with Crippen LogP contribution in [-0.2, 0) is 12.6 Å². The Kier molecular flexibility index (Phi) is 3.80. The van der Waals surface area contributed by atoms with Gasteiger partial charge in [-0.15, -0.1) is 0 Å². The average molecular weight is 275 g/mol. The van der Waals surface area contributed by atoms with Crippen molar-refractivity contribution in [1.29, 1.82) is 5.26 Å². The van der Waals surface area contributed by atoms with Crippen LogP contribution in [0.4, 0.5) is 13.2 Å². The molecule has 1 nitrogen and oxygen atoms in total. The number of nitrogens with zero attached hydrogens (tertiary/aromatic N) is 1. The highest BCUT2D eigenvalue weighted by Crippen LogP contribution is 2.32. The number of hydrogen-bond donors (Lipinski definition) is 0. The van der Waals surface area contributed by atoms with E-state index in [1.54, 1.807) is 18.2 Å². The average Bonchev–Trinajstić information content (AvgIpc) is 2.40. The van der Waals surface area contributed by atoms with Gasteiger partial charge >= 0.3 is 6.18 Å². The summed E-state index contributed by atoms with van der Waals surface area (Å²) in [7, 11) is 0. The number of aryl methyl sites for hydroxylation is 1. The lowest BCUT2D eigenvalue weighted by Crippen LogP contribution is -2.04. The fourth-order valence-corrected chi connectivity index (χ4v) is 2.03. The van der Waals surface area contributed by atoms with E-state index in [0.29, 0.717) is 12.0 Å². The molecule has 20 heavy (non-hydrogen) atoms. The van der Waals surface area contributed by atoms with E-state index >= 15 is 0 Å². The zero-order valence-corrected chi connectivity index (χ0v) is 10.8. The van der Waals surface area contributed by atoms with Gasteiger partial charge in [-0.05, 0) is 41.3 Å². The Morgan fingerprint density at radius 3 is 2.35 bits per heavy atom. The Labute approximate surface area is 115 Å². The van der Waals surface area contributed by atoms with E-state index < -0.39 is 11.7 Å². The summed E-state index contributed by atoms with van der Waals surface area (Å²) in [6.07, 6.45) is -4.04. The minimum atomic E-state index is -4.34. The molecule has 0 spiro atoms. The number of nitriles is 1. The van der Waals surface area contributed by atoms with E-state index in [2.05, 4.69) is 6.07 Å². The van der Waals surface area contributed by atoms with Crippen molar-refractivity contribution < 1.29 is 13.2 Å². The molecule has 0 aliphatic carbocycles. The van der Waals surface area contributed by atoms with Crippen LogP contribution in [-0.4, -0.2) is 0 Å². The van der Waals surface area contributed by atoms with Gasteiger partial charge in [0.1, 0.15) is 0 Å². The highest BCUT2D eigenvalue weighted by molar-refractivity contribution is 5.66. The molecule has 2 aromatic carbocycles. The van der Waals surface area contributed by atoms with Crippen molar-refractivity contribution in [2.45, 2.75) is 19.5 Å². The van der Waals surface area contributed by atoms with E-state index in [9.17, 15) is 13.2 Å². The van der Waals surface area contributed by atoms with Crippen LogP contribution in [0.1, 0.15) is 16.7 Å². The molecular weight excluding hydrogens is 263 g/mol. The van der Waals surface area contributed by atoms with Gasteiger partial charge in [0.25, 0.3) is 0 Å². The SMILES string of the molecule is Cc1cc(-c2cccc(C(F)(F)F)c2)ccc1CC#N. The fraction of sp³-hybridized carbons (Fsp3) is 0.188. The normalized spacial score (nSPS) is 11.2. The van der Waals surface area contributed by atoms with Gasteiger partial charge in [0.15, 0.2) is 0 Å². The molecular formula is C16H12F3N. The highest BCUT2D eigenvalue weighted by Gasteiger charge is 2.30. The van der Waals surface area contributed by atoms with Gasteiger partial charge in [-0.25, -0.2) is 0 Å². The summed E-state index contributed by atoms with van der Waals surface area (Å²) in [5, 5.41) is 8.68. The number of rotatable bonds is 2. The molecule has 0 aliphatic rings. The molecule has 0 bridgehead atoms. The molecule has 0 aliphatic heterocycles. The molecule has 0 N–H and O–H groups in total. The zero-order chi connectivity index (χ0) is 14.8. The third kappa shape index (κ3) is 3.00. The van der Waals surface area contributed by atoms with Gasteiger partial charge in [0.05, 0.1) is 18.1 Å². The third-order valence-corrected chi connectivity index (χ3v) is 3.14. The molecule has 2 rings (SSSR count). The van der Waals surface area contributed by atoms with E-state index in [4.69, 9.17) is 5.26 Å².